The van der Waals surface area contributed by atoms with E-state index < -0.39 is 0 Å². The number of amides is 1. The normalized spacial score (nSPS) is 17.5. The molecule has 4 nitrogen and oxygen atoms in total. The minimum atomic E-state index is 0.294. The second-order valence-electron chi connectivity index (χ2n) is 4.58. The number of nitrogens with one attached hydrogen (secondary N) is 1. The zero-order valence-corrected chi connectivity index (χ0v) is 10.2. The number of carbonyl (C=O) groups is 1. The highest BCUT2D eigenvalue weighted by atomic mass is 16.2. The third-order valence-corrected chi connectivity index (χ3v) is 3.07. The monoisotopic (exact) mass is 233 g/mol. The summed E-state index contributed by atoms with van der Waals surface area (Å²) in [7, 11) is 0. The molecule has 1 fully saturated rings. The fourth-order valence-corrected chi connectivity index (χ4v) is 2.08. The van der Waals surface area contributed by atoms with Gasteiger partial charge in [-0.3, -0.25) is 9.78 Å². The molecular weight excluding hydrogens is 214 g/mol. The first-order valence-corrected chi connectivity index (χ1v) is 6.16. The summed E-state index contributed by atoms with van der Waals surface area (Å²) in [5.41, 5.74) is 1.22. The van der Waals surface area contributed by atoms with Crippen molar-refractivity contribution in [1.29, 1.82) is 0 Å². The fourth-order valence-electron chi connectivity index (χ4n) is 2.08. The van der Waals surface area contributed by atoms with Crippen molar-refractivity contribution in [2.75, 3.05) is 13.1 Å². The molecule has 1 saturated heterocycles. The molecule has 17 heavy (non-hydrogen) atoms. The third-order valence-electron chi connectivity index (χ3n) is 3.07. The molecule has 1 aliphatic heterocycles. The van der Waals surface area contributed by atoms with Gasteiger partial charge in [-0.05, 0) is 31.0 Å². The van der Waals surface area contributed by atoms with Crippen LogP contribution in [-0.4, -0.2) is 34.9 Å². The molecule has 0 bridgehead atoms. The van der Waals surface area contributed by atoms with E-state index in [0.29, 0.717) is 11.9 Å². The summed E-state index contributed by atoms with van der Waals surface area (Å²) in [5, 5.41) is 3.42. The van der Waals surface area contributed by atoms with Gasteiger partial charge in [0.05, 0.1) is 0 Å². The SMILES string of the molecule is CC(CN1CCCC1=O)NCc1ccncc1. The van der Waals surface area contributed by atoms with E-state index in [1.54, 1.807) is 12.4 Å². The van der Waals surface area contributed by atoms with Crippen molar-refractivity contribution in [2.45, 2.75) is 32.4 Å². The molecule has 1 aromatic rings. The maximum absolute atomic E-state index is 11.5. The average molecular weight is 233 g/mol. The van der Waals surface area contributed by atoms with Crippen molar-refractivity contribution in [2.24, 2.45) is 0 Å². The van der Waals surface area contributed by atoms with E-state index in [0.717, 1.165) is 32.5 Å². The van der Waals surface area contributed by atoms with E-state index >= 15 is 0 Å². The Morgan fingerprint density at radius 1 is 1.47 bits per heavy atom. The number of rotatable bonds is 5. The highest BCUT2D eigenvalue weighted by molar-refractivity contribution is 5.78. The van der Waals surface area contributed by atoms with Crippen LogP contribution < -0.4 is 5.32 Å². The molecular formula is C13H19N3O. The van der Waals surface area contributed by atoms with Crippen molar-refractivity contribution < 1.29 is 4.79 Å². The summed E-state index contributed by atoms with van der Waals surface area (Å²) >= 11 is 0. The van der Waals surface area contributed by atoms with Crippen LogP contribution in [0.5, 0.6) is 0 Å². The van der Waals surface area contributed by atoms with E-state index in [1.807, 2.05) is 17.0 Å². The molecule has 92 valence electrons. The van der Waals surface area contributed by atoms with Crippen LogP contribution >= 0.6 is 0 Å². The number of nitrogens with zero attached hydrogens (tertiary/aromatic N) is 2. The minimum Gasteiger partial charge on any atom is -0.341 e. The predicted molar refractivity (Wildman–Crippen MR) is 66.4 cm³/mol. The van der Waals surface area contributed by atoms with E-state index in [-0.39, 0.29) is 0 Å². The maximum atomic E-state index is 11.5. The van der Waals surface area contributed by atoms with Crippen LogP contribution in [0.1, 0.15) is 25.3 Å². The number of carbonyl (C=O) groups excluding carboxylic acids is 1. The van der Waals surface area contributed by atoms with Crippen LogP contribution in [0.2, 0.25) is 0 Å². The second kappa shape index (κ2) is 5.77. The maximum Gasteiger partial charge on any atom is 0.222 e. The summed E-state index contributed by atoms with van der Waals surface area (Å²) in [6.45, 7) is 4.67. The molecule has 1 amide bonds. The standard InChI is InChI=1S/C13H19N3O/c1-11(10-16-8-2-3-13(16)17)15-9-12-4-6-14-7-5-12/h4-7,11,15H,2-3,8-10H2,1H3. The topological polar surface area (TPSA) is 45.2 Å². The van der Waals surface area contributed by atoms with Gasteiger partial charge in [-0.1, -0.05) is 0 Å². The van der Waals surface area contributed by atoms with Crippen LogP contribution in [0.25, 0.3) is 0 Å². The lowest BCUT2D eigenvalue weighted by atomic mass is 10.2. The Morgan fingerprint density at radius 2 is 2.24 bits per heavy atom. The van der Waals surface area contributed by atoms with E-state index in [2.05, 4.69) is 17.2 Å². The predicted octanol–water partition coefficient (Wildman–Crippen LogP) is 1.18. The second-order valence-corrected chi connectivity index (χ2v) is 4.58. The average Bonchev–Trinajstić information content (AvgIpc) is 2.74. The molecule has 0 radical (unpaired) electrons. The number of aromatic nitrogens is 1. The van der Waals surface area contributed by atoms with Crippen LogP contribution in [0.4, 0.5) is 0 Å². The van der Waals surface area contributed by atoms with Crippen molar-refractivity contribution in [3.05, 3.63) is 30.1 Å². The molecule has 1 N–H and O–H groups in total. The van der Waals surface area contributed by atoms with Gasteiger partial charge < -0.3 is 10.2 Å². The van der Waals surface area contributed by atoms with Gasteiger partial charge in [-0.2, -0.15) is 0 Å². The molecule has 0 saturated carbocycles. The zero-order valence-electron chi connectivity index (χ0n) is 10.2. The molecule has 1 aliphatic rings. The van der Waals surface area contributed by atoms with Crippen molar-refractivity contribution in [3.8, 4) is 0 Å². The quantitative estimate of drug-likeness (QED) is 0.830. The first-order valence-electron chi connectivity index (χ1n) is 6.16. The van der Waals surface area contributed by atoms with Gasteiger partial charge in [-0.25, -0.2) is 0 Å². The lowest BCUT2D eigenvalue weighted by Crippen LogP contribution is -2.39. The van der Waals surface area contributed by atoms with Gasteiger partial charge in [0.1, 0.15) is 0 Å². The van der Waals surface area contributed by atoms with Crippen molar-refractivity contribution in [1.82, 2.24) is 15.2 Å². The molecule has 1 aromatic heterocycles. The van der Waals surface area contributed by atoms with Gasteiger partial charge in [-0.15, -0.1) is 0 Å². The summed E-state index contributed by atoms with van der Waals surface area (Å²) in [5.74, 6) is 0.294. The van der Waals surface area contributed by atoms with Crippen LogP contribution in [0, 0.1) is 0 Å². The largest absolute Gasteiger partial charge is 0.341 e. The Balaban J connectivity index is 1.74. The van der Waals surface area contributed by atoms with Gasteiger partial charge in [0.15, 0.2) is 0 Å². The van der Waals surface area contributed by atoms with Gasteiger partial charge in [0.2, 0.25) is 5.91 Å². The number of hydrogen-bond donors (Lipinski definition) is 1. The van der Waals surface area contributed by atoms with Crippen LogP contribution in [0.3, 0.4) is 0 Å². The summed E-state index contributed by atoms with van der Waals surface area (Å²) in [4.78, 5) is 17.4. The molecule has 1 atom stereocenters. The van der Waals surface area contributed by atoms with Crippen LogP contribution in [0.15, 0.2) is 24.5 Å². The number of hydrogen-bond acceptors (Lipinski definition) is 3. The lowest BCUT2D eigenvalue weighted by Gasteiger charge is -2.21. The Bertz CT molecular complexity index is 366. The van der Waals surface area contributed by atoms with Crippen molar-refractivity contribution in [3.63, 3.8) is 0 Å². The van der Waals surface area contributed by atoms with E-state index in [9.17, 15) is 4.79 Å². The van der Waals surface area contributed by atoms with Crippen molar-refractivity contribution >= 4 is 5.91 Å². The molecule has 0 aliphatic carbocycles. The Hall–Kier alpha value is -1.42. The van der Waals surface area contributed by atoms with Gasteiger partial charge in [0.25, 0.3) is 0 Å². The smallest absolute Gasteiger partial charge is 0.222 e. The fraction of sp³-hybridized carbons (Fsp3) is 0.538. The molecule has 1 unspecified atom stereocenters. The minimum absolute atomic E-state index is 0.294. The summed E-state index contributed by atoms with van der Waals surface area (Å²) in [6, 6.07) is 4.33. The molecule has 0 spiro atoms. The first kappa shape index (κ1) is 12.0. The summed E-state index contributed by atoms with van der Waals surface area (Å²) < 4.78 is 0. The zero-order chi connectivity index (χ0) is 12.1. The highest BCUT2D eigenvalue weighted by Crippen LogP contribution is 2.09. The molecule has 4 heteroatoms. The Labute approximate surface area is 102 Å². The Kier molecular flexibility index (Phi) is 4.09. The molecule has 2 heterocycles. The van der Waals surface area contributed by atoms with Gasteiger partial charge in [0, 0.05) is 44.5 Å². The Morgan fingerprint density at radius 3 is 2.88 bits per heavy atom. The number of pyridine rings is 1. The highest BCUT2D eigenvalue weighted by Gasteiger charge is 2.21. The van der Waals surface area contributed by atoms with E-state index in [4.69, 9.17) is 0 Å². The van der Waals surface area contributed by atoms with E-state index in [1.165, 1.54) is 5.56 Å². The molecule has 2 rings (SSSR count). The van der Waals surface area contributed by atoms with Crippen LogP contribution in [-0.2, 0) is 11.3 Å². The summed E-state index contributed by atoms with van der Waals surface area (Å²) in [6.07, 6.45) is 5.32. The lowest BCUT2D eigenvalue weighted by molar-refractivity contribution is -0.127. The third kappa shape index (κ3) is 3.53. The first-order chi connectivity index (χ1) is 8.25. The number of likely N-dealkylation sites (tertiary alicyclic amines) is 1. The van der Waals surface area contributed by atoms with Gasteiger partial charge >= 0.3 is 0 Å². The molecule has 0 aromatic carbocycles.